The molecule has 1 amide bonds. The van der Waals surface area contributed by atoms with E-state index in [1.807, 2.05) is 6.92 Å². The minimum atomic E-state index is -0.861. The van der Waals surface area contributed by atoms with Crippen molar-refractivity contribution < 1.29 is 23.8 Å². The lowest BCUT2D eigenvalue weighted by molar-refractivity contribution is -0.129. The molecule has 0 radical (unpaired) electrons. The van der Waals surface area contributed by atoms with E-state index in [-0.39, 0.29) is 5.91 Å². The largest absolute Gasteiger partial charge is 0.494 e. The van der Waals surface area contributed by atoms with Gasteiger partial charge in [0.05, 0.1) is 18.8 Å². The van der Waals surface area contributed by atoms with Gasteiger partial charge >= 0.3 is 5.97 Å². The van der Waals surface area contributed by atoms with Gasteiger partial charge in [-0.05, 0) is 37.6 Å². The molecule has 6 heteroatoms. The summed E-state index contributed by atoms with van der Waals surface area (Å²) < 4.78 is 15.4. The second kappa shape index (κ2) is 9.78. The fourth-order valence-corrected chi connectivity index (χ4v) is 1.61. The van der Waals surface area contributed by atoms with Crippen LogP contribution in [0.5, 0.6) is 5.75 Å². The first-order valence-electron chi connectivity index (χ1n) is 7.29. The van der Waals surface area contributed by atoms with Crippen LogP contribution in [0.4, 0.5) is 0 Å². The first kappa shape index (κ1) is 18.0. The Morgan fingerprint density at radius 1 is 1.18 bits per heavy atom. The number of methoxy groups -OCH3 is 1. The average molecular weight is 309 g/mol. The SMILES string of the molecule is CCCOc1ccc(C(=O)O[C@@H](C)C(=O)NCCOC)cc1. The molecule has 0 saturated heterocycles. The van der Waals surface area contributed by atoms with Crippen molar-refractivity contribution in [3.05, 3.63) is 29.8 Å². The van der Waals surface area contributed by atoms with Gasteiger partial charge in [-0.25, -0.2) is 4.79 Å². The molecule has 1 aromatic carbocycles. The third kappa shape index (κ3) is 6.13. The molecule has 0 bridgehead atoms. The second-order valence-corrected chi connectivity index (χ2v) is 4.70. The fourth-order valence-electron chi connectivity index (χ4n) is 1.61. The van der Waals surface area contributed by atoms with E-state index in [9.17, 15) is 9.59 Å². The Hall–Kier alpha value is -2.08. The van der Waals surface area contributed by atoms with E-state index in [0.717, 1.165) is 6.42 Å². The molecule has 0 aliphatic heterocycles. The molecule has 122 valence electrons. The van der Waals surface area contributed by atoms with Crippen molar-refractivity contribution in [2.75, 3.05) is 26.9 Å². The molecule has 0 heterocycles. The number of rotatable bonds is 9. The maximum atomic E-state index is 11.9. The van der Waals surface area contributed by atoms with Crippen LogP contribution in [-0.4, -0.2) is 44.8 Å². The van der Waals surface area contributed by atoms with Gasteiger partial charge in [0.2, 0.25) is 0 Å². The summed E-state index contributed by atoms with van der Waals surface area (Å²) in [6.07, 6.45) is 0.0554. The van der Waals surface area contributed by atoms with Crippen molar-refractivity contribution in [3.8, 4) is 5.75 Å². The maximum absolute atomic E-state index is 11.9. The van der Waals surface area contributed by atoms with Gasteiger partial charge in [-0.15, -0.1) is 0 Å². The van der Waals surface area contributed by atoms with Gasteiger partial charge in [-0.1, -0.05) is 6.92 Å². The Kier molecular flexibility index (Phi) is 7.99. The molecular weight excluding hydrogens is 286 g/mol. The Bertz CT molecular complexity index is 472. The minimum Gasteiger partial charge on any atom is -0.494 e. The summed E-state index contributed by atoms with van der Waals surface area (Å²) in [7, 11) is 1.55. The smallest absolute Gasteiger partial charge is 0.338 e. The number of hydrogen-bond donors (Lipinski definition) is 1. The Morgan fingerprint density at radius 3 is 2.45 bits per heavy atom. The molecule has 1 rings (SSSR count). The number of esters is 1. The number of nitrogens with one attached hydrogen (secondary N) is 1. The highest BCUT2D eigenvalue weighted by Crippen LogP contribution is 2.13. The normalized spacial score (nSPS) is 11.6. The molecule has 0 saturated carbocycles. The van der Waals surface area contributed by atoms with Gasteiger partial charge in [0, 0.05) is 13.7 Å². The van der Waals surface area contributed by atoms with Crippen LogP contribution in [0.3, 0.4) is 0 Å². The highest BCUT2D eigenvalue weighted by atomic mass is 16.5. The number of carbonyl (C=O) groups excluding carboxylic acids is 2. The molecule has 1 aromatic rings. The lowest BCUT2D eigenvalue weighted by atomic mass is 10.2. The molecule has 0 unspecified atom stereocenters. The van der Waals surface area contributed by atoms with Crippen molar-refractivity contribution in [2.24, 2.45) is 0 Å². The number of carbonyl (C=O) groups is 2. The topological polar surface area (TPSA) is 73.9 Å². The highest BCUT2D eigenvalue weighted by Gasteiger charge is 2.18. The maximum Gasteiger partial charge on any atom is 0.338 e. The number of amides is 1. The Balaban J connectivity index is 2.48. The molecule has 0 spiro atoms. The van der Waals surface area contributed by atoms with Crippen molar-refractivity contribution in [2.45, 2.75) is 26.4 Å². The van der Waals surface area contributed by atoms with Crippen LogP contribution < -0.4 is 10.1 Å². The summed E-state index contributed by atoms with van der Waals surface area (Å²) in [5.74, 6) is -0.200. The van der Waals surface area contributed by atoms with E-state index in [4.69, 9.17) is 14.2 Å². The van der Waals surface area contributed by atoms with E-state index in [2.05, 4.69) is 5.32 Å². The van der Waals surface area contributed by atoms with Gasteiger partial charge < -0.3 is 19.5 Å². The first-order chi connectivity index (χ1) is 10.6. The summed E-state index contributed by atoms with van der Waals surface area (Å²) in [6.45, 7) is 4.96. The van der Waals surface area contributed by atoms with Gasteiger partial charge in [0.25, 0.3) is 5.91 Å². The third-order valence-electron chi connectivity index (χ3n) is 2.82. The zero-order valence-corrected chi connectivity index (χ0v) is 13.3. The van der Waals surface area contributed by atoms with Crippen molar-refractivity contribution >= 4 is 11.9 Å². The van der Waals surface area contributed by atoms with Crippen LogP contribution in [0.15, 0.2) is 24.3 Å². The van der Waals surface area contributed by atoms with Crippen molar-refractivity contribution in [1.29, 1.82) is 0 Å². The van der Waals surface area contributed by atoms with Gasteiger partial charge in [-0.2, -0.15) is 0 Å². The second-order valence-electron chi connectivity index (χ2n) is 4.70. The molecule has 6 nitrogen and oxygen atoms in total. The number of hydrogen-bond acceptors (Lipinski definition) is 5. The zero-order chi connectivity index (χ0) is 16.4. The molecular formula is C16H23NO5. The van der Waals surface area contributed by atoms with Crippen LogP contribution >= 0.6 is 0 Å². The lowest BCUT2D eigenvalue weighted by Crippen LogP contribution is -2.37. The van der Waals surface area contributed by atoms with E-state index < -0.39 is 12.1 Å². The summed E-state index contributed by atoms with van der Waals surface area (Å²) in [5.41, 5.74) is 0.375. The molecule has 1 N–H and O–H groups in total. The molecule has 0 aromatic heterocycles. The van der Waals surface area contributed by atoms with Gasteiger partial charge in [-0.3, -0.25) is 4.79 Å². The summed E-state index contributed by atoms with van der Waals surface area (Å²) in [4.78, 5) is 23.6. The van der Waals surface area contributed by atoms with Crippen LogP contribution in [0.1, 0.15) is 30.6 Å². The van der Waals surface area contributed by atoms with E-state index >= 15 is 0 Å². The van der Waals surface area contributed by atoms with Crippen LogP contribution in [0, 0.1) is 0 Å². The molecule has 22 heavy (non-hydrogen) atoms. The lowest BCUT2D eigenvalue weighted by Gasteiger charge is -2.13. The predicted octanol–water partition coefficient (Wildman–Crippen LogP) is 1.78. The standard InChI is InChI=1S/C16H23NO5/c1-4-10-21-14-7-5-13(6-8-14)16(19)22-12(2)15(18)17-9-11-20-3/h5-8,12H,4,9-11H2,1-3H3,(H,17,18)/t12-/m0/s1. The Labute approximate surface area is 130 Å². The predicted molar refractivity (Wildman–Crippen MR) is 82.0 cm³/mol. The molecule has 0 aliphatic rings. The van der Waals surface area contributed by atoms with E-state index in [0.29, 0.717) is 31.1 Å². The van der Waals surface area contributed by atoms with Crippen molar-refractivity contribution in [1.82, 2.24) is 5.32 Å². The van der Waals surface area contributed by atoms with Crippen molar-refractivity contribution in [3.63, 3.8) is 0 Å². The summed E-state index contributed by atoms with van der Waals surface area (Å²) >= 11 is 0. The molecule has 1 atom stereocenters. The first-order valence-corrected chi connectivity index (χ1v) is 7.29. The minimum absolute atomic E-state index is 0.353. The summed E-state index contributed by atoms with van der Waals surface area (Å²) in [6, 6.07) is 6.64. The monoisotopic (exact) mass is 309 g/mol. The van der Waals surface area contributed by atoms with E-state index in [1.165, 1.54) is 6.92 Å². The van der Waals surface area contributed by atoms with E-state index in [1.54, 1.807) is 31.4 Å². The molecule has 0 aliphatic carbocycles. The van der Waals surface area contributed by atoms with Crippen LogP contribution in [0.25, 0.3) is 0 Å². The zero-order valence-electron chi connectivity index (χ0n) is 13.3. The number of ether oxygens (including phenoxy) is 3. The highest BCUT2D eigenvalue weighted by molar-refractivity contribution is 5.92. The van der Waals surface area contributed by atoms with Crippen LogP contribution in [0.2, 0.25) is 0 Å². The number of benzene rings is 1. The van der Waals surface area contributed by atoms with Crippen LogP contribution in [-0.2, 0) is 14.3 Å². The van der Waals surface area contributed by atoms with Gasteiger partial charge in [0.15, 0.2) is 6.10 Å². The summed E-state index contributed by atoms with van der Waals surface area (Å²) in [5, 5.41) is 2.61. The average Bonchev–Trinajstić information content (AvgIpc) is 2.53. The third-order valence-corrected chi connectivity index (χ3v) is 2.82. The Morgan fingerprint density at radius 2 is 1.86 bits per heavy atom. The quantitative estimate of drug-likeness (QED) is 0.556. The fraction of sp³-hybridized carbons (Fsp3) is 0.500. The van der Waals surface area contributed by atoms with Gasteiger partial charge in [0.1, 0.15) is 5.75 Å². The molecule has 0 fully saturated rings.